The van der Waals surface area contributed by atoms with E-state index in [-0.39, 0.29) is 17.7 Å². The third-order valence-electron chi connectivity index (χ3n) is 3.99. The van der Waals surface area contributed by atoms with Crippen LogP contribution in [-0.4, -0.2) is 36.0 Å². The molecular formula is C14H24N6O. The Bertz CT molecular complexity index is 496. The van der Waals surface area contributed by atoms with Crippen LogP contribution in [0.3, 0.4) is 0 Å². The van der Waals surface area contributed by atoms with E-state index in [0.717, 1.165) is 37.3 Å². The van der Waals surface area contributed by atoms with Gasteiger partial charge in [-0.2, -0.15) is 0 Å². The van der Waals surface area contributed by atoms with Gasteiger partial charge in [0.15, 0.2) is 0 Å². The zero-order valence-electron chi connectivity index (χ0n) is 12.9. The fraction of sp³-hybridized carbons (Fsp3) is 0.643. The zero-order valence-corrected chi connectivity index (χ0v) is 12.9. The van der Waals surface area contributed by atoms with Crippen LogP contribution < -0.4 is 21.5 Å². The molecule has 0 aliphatic carbocycles. The van der Waals surface area contributed by atoms with Crippen molar-refractivity contribution in [2.75, 3.05) is 30.5 Å². The van der Waals surface area contributed by atoms with Gasteiger partial charge in [-0.1, -0.05) is 13.8 Å². The highest BCUT2D eigenvalue weighted by atomic mass is 16.1. The minimum absolute atomic E-state index is 0.0997. The van der Waals surface area contributed by atoms with Crippen LogP contribution in [0, 0.1) is 5.92 Å². The highest BCUT2D eigenvalue weighted by Gasteiger charge is 2.27. The average molecular weight is 292 g/mol. The molecule has 7 nitrogen and oxygen atoms in total. The number of nitrogens with zero attached hydrogens (tertiary/aromatic N) is 3. The van der Waals surface area contributed by atoms with Gasteiger partial charge < -0.3 is 15.6 Å². The van der Waals surface area contributed by atoms with E-state index in [9.17, 15) is 4.79 Å². The number of nitrogens with one attached hydrogen (secondary N) is 2. The minimum atomic E-state index is 0.0997. The lowest BCUT2D eigenvalue weighted by atomic mass is 9.95. The summed E-state index contributed by atoms with van der Waals surface area (Å²) in [5, 5.41) is 2.73. The maximum atomic E-state index is 11.7. The van der Waals surface area contributed by atoms with Crippen LogP contribution in [0.2, 0.25) is 0 Å². The van der Waals surface area contributed by atoms with E-state index in [1.165, 1.54) is 6.33 Å². The molecule has 1 saturated heterocycles. The van der Waals surface area contributed by atoms with Gasteiger partial charge in [-0.05, 0) is 18.8 Å². The molecule has 0 bridgehead atoms. The van der Waals surface area contributed by atoms with Crippen LogP contribution in [0.15, 0.2) is 6.33 Å². The zero-order chi connectivity index (χ0) is 15.4. The molecule has 0 atom stereocenters. The molecule has 2 rings (SSSR count). The van der Waals surface area contributed by atoms with Crippen molar-refractivity contribution in [1.29, 1.82) is 0 Å². The van der Waals surface area contributed by atoms with Crippen molar-refractivity contribution in [3.8, 4) is 0 Å². The Hall–Kier alpha value is -1.89. The smallest absolute Gasteiger partial charge is 0.222 e. The Labute approximate surface area is 125 Å². The molecular weight excluding hydrogens is 268 g/mol. The molecule has 0 radical (unpaired) electrons. The van der Waals surface area contributed by atoms with Crippen LogP contribution in [0.1, 0.15) is 38.2 Å². The summed E-state index contributed by atoms with van der Waals surface area (Å²) >= 11 is 0. The number of hydrogen-bond donors (Lipinski definition) is 3. The van der Waals surface area contributed by atoms with Crippen LogP contribution in [0.4, 0.5) is 11.6 Å². The molecule has 21 heavy (non-hydrogen) atoms. The topological polar surface area (TPSA) is 96.2 Å². The van der Waals surface area contributed by atoms with Gasteiger partial charge in [0.25, 0.3) is 0 Å². The summed E-state index contributed by atoms with van der Waals surface area (Å²) in [6.07, 6.45) is 3.21. The third kappa shape index (κ3) is 3.24. The van der Waals surface area contributed by atoms with Crippen molar-refractivity contribution in [3.05, 3.63) is 11.9 Å². The van der Waals surface area contributed by atoms with Gasteiger partial charge in [-0.3, -0.25) is 4.79 Å². The van der Waals surface area contributed by atoms with Crippen molar-refractivity contribution >= 4 is 17.5 Å². The van der Waals surface area contributed by atoms with E-state index >= 15 is 0 Å². The Morgan fingerprint density at radius 2 is 2.05 bits per heavy atom. The van der Waals surface area contributed by atoms with E-state index < -0.39 is 0 Å². The summed E-state index contributed by atoms with van der Waals surface area (Å²) in [7, 11) is 1.69. The van der Waals surface area contributed by atoms with Gasteiger partial charge in [0.05, 0.1) is 0 Å². The van der Waals surface area contributed by atoms with E-state index in [1.807, 2.05) is 0 Å². The summed E-state index contributed by atoms with van der Waals surface area (Å²) in [6.45, 7) is 5.83. The molecule has 4 N–H and O–H groups in total. The van der Waals surface area contributed by atoms with Gasteiger partial charge in [-0.25, -0.2) is 15.8 Å². The van der Waals surface area contributed by atoms with E-state index in [2.05, 4.69) is 39.5 Å². The Morgan fingerprint density at radius 3 is 2.57 bits per heavy atom. The second kappa shape index (κ2) is 6.71. The number of nitrogen functional groups attached to an aromatic ring is 1. The van der Waals surface area contributed by atoms with Crippen molar-refractivity contribution < 1.29 is 4.79 Å². The molecule has 116 valence electrons. The van der Waals surface area contributed by atoms with Gasteiger partial charge in [0.2, 0.25) is 5.91 Å². The number of anilines is 2. The largest absolute Gasteiger partial charge is 0.359 e. The molecule has 7 heteroatoms. The molecule has 1 fully saturated rings. The number of nitrogens with two attached hydrogens (primary N) is 1. The fourth-order valence-corrected chi connectivity index (χ4v) is 2.84. The summed E-state index contributed by atoms with van der Waals surface area (Å²) in [5.74, 6) is 7.64. The number of carbonyl (C=O) groups excluding carboxylic acids is 1. The summed E-state index contributed by atoms with van der Waals surface area (Å²) in [6, 6.07) is 0. The first kappa shape index (κ1) is 15.5. The SMILES string of the molecule is CNC(=O)C1CCN(c2ncnc(NN)c2C(C)C)CC1. The molecule has 2 heterocycles. The van der Waals surface area contributed by atoms with Crippen molar-refractivity contribution in [3.63, 3.8) is 0 Å². The van der Waals surface area contributed by atoms with Crippen molar-refractivity contribution in [1.82, 2.24) is 15.3 Å². The predicted molar refractivity (Wildman–Crippen MR) is 82.9 cm³/mol. The van der Waals surface area contributed by atoms with Gasteiger partial charge in [0, 0.05) is 31.6 Å². The van der Waals surface area contributed by atoms with Crippen molar-refractivity contribution in [2.24, 2.45) is 11.8 Å². The minimum Gasteiger partial charge on any atom is -0.359 e. The van der Waals surface area contributed by atoms with Gasteiger partial charge in [-0.15, -0.1) is 0 Å². The molecule has 1 aromatic rings. The number of hydrogen-bond acceptors (Lipinski definition) is 6. The first-order valence-corrected chi connectivity index (χ1v) is 7.36. The molecule has 0 aromatic carbocycles. The van der Waals surface area contributed by atoms with Crippen LogP contribution in [0.5, 0.6) is 0 Å². The molecule has 0 spiro atoms. The van der Waals surface area contributed by atoms with Crippen molar-refractivity contribution in [2.45, 2.75) is 32.6 Å². The normalized spacial score (nSPS) is 16.1. The second-order valence-electron chi connectivity index (χ2n) is 5.63. The summed E-state index contributed by atoms with van der Waals surface area (Å²) in [5.41, 5.74) is 3.68. The van der Waals surface area contributed by atoms with E-state index in [0.29, 0.717) is 5.82 Å². The summed E-state index contributed by atoms with van der Waals surface area (Å²) in [4.78, 5) is 22.6. The molecule has 1 amide bonds. The monoisotopic (exact) mass is 292 g/mol. The van der Waals surface area contributed by atoms with Crippen LogP contribution >= 0.6 is 0 Å². The van der Waals surface area contributed by atoms with E-state index in [1.54, 1.807) is 7.05 Å². The first-order chi connectivity index (χ1) is 10.1. The molecule has 0 saturated carbocycles. The number of amides is 1. The van der Waals surface area contributed by atoms with Crippen LogP contribution in [0.25, 0.3) is 0 Å². The standard InChI is InChI=1S/C14H24N6O/c1-9(2)11-12(19-15)17-8-18-13(11)20-6-4-10(5-7-20)14(21)16-3/h8-10H,4-7,15H2,1-3H3,(H,16,21)(H,17,18,19). The van der Waals surface area contributed by atoms with E-state index in [4.69, 9.17) is 5.84 Å². The number of piperidine rings is 1. The fourth-order valence-electron chi connectivity index (χ4n) is 2.84. The lowest BCUT2D eigenvalue weighted by Crippen LogP contribution is -2.40. The number of carbonyl (C=O) groups is 1. The Morgan fingerprint density at radius 1 is 1.38 bits per heavy atom. The van der Waals surface area contributed by atoms with Gasteiger partial charge in [0.1, 0.15) is 18.0 Å². The maximum absolute atomic E-state index is 11.7. The number of aromatic nitrogens is 2. The third-order valence-corrected chi connectivity index (χ3v) is 3.99. The average Bonchev–Trinajstić information content (AvgIpc) is 2.53. The predicted octanol–water partition coefficient (Wildman–Crippen LogP) is 0.848. The highest BCUT2D eigenvalue weighted by molar-refractivity contribution is 5.78. The number of rotatable bonds is 4. The second-order valence-corrected chi connectivity index (χ2v) is 5.63. The summed E-state index contributed by atoms with van der Waals surface area (Å²) < 4.78 is 0. The van der Waals surface area contributed by atoms with Gasteiger partial charge >= 0.3 is 0 Å². The highest BCUT2D eigenvalue weighted by Crippen LogP contribution is 2.32. The lowest BCUT2D eigenvalue weighted by molar-refractivity contribution is -0.125. The maximum Gasteiger partial charge on any atom is 0.222 e. The molecule has 0 unspecified atom stereocenters. The lowest BCUT2D eigenvalue weighted by Gasteiger charge is -2.33. The molecule has 1 aliphatic heterocycles. The van der Waals surface area contributed by atoms with Crippen LogP contribution in [-0.2, 0) is 4.79 Å². The Kier molecular flexibility index (Phi) is 4.95. The first-order valence-electron chi connectivity index (χ1n) is 7.36. The number of hydrazine groups is 1. The quantitative estimate of drug-likeness (QED) is 0.562. The molecule has 1 aromatic heterocycles. The Balaban J connectivity index is 2.19. The molecule has 1 aliphatic rings.